The van der Waals surface area contributed by atoms with Crippen molar-refractivity contribution < 1.29 is 17.3 Å². The van der Waals surface area contributed by atoms with Crippen LogP contribution in [0.3, 0.4) is 0 Å². The van der Waals surface area contributed by atoms with E-state index in [0.717, 1.165) is 5.56 Å². The number of hydrogen-bond donors (Lipinski definition) is 1. The predicted molar refractivity (Wildman–Crippen MR) is 95.3 cm³/mol. The van der Waals surface area contributed by atoms with Crippen LogP contribution in [0.4, 0.5) is 4.39 Å². The first-order chi connectivity index (χ1) is 12.5. The molecule has 0 unspecified atom stereocenters. The smallest absolute Gasteiger partial charge is 0.228 e. The Morgan fingerprint density at radius 3 is 2.50 bits per heavy atom. The van der Waals surface area contributed by atoms with Gasteiger partial charge in [-0.2, -0.15) is 4.98 Å². The molecule has 1 heterocycles. The van der Waals surface area contributed by atoms with Gasteiger partial charge in [0.1, 0.15) is 5.82 Å². The average molecular weight is 375 g/mol. The summed E-state index contributed by atoms with van der Waals surface area (Å²) in [6.07, 6.45) is 0.667. The highest BCUT2D eigenvalue weighted by molar-refractivity contribution is 7.89. The molecule has 0 fully saturated rings. The van der Waals surface area contributed by atoms with Crippen LogP contribution in [-0.4, -0.2) is 30.9 Å². The minimum absolute atomic E-state index is 0.00131. The Balaban J connectivity index is 1.51. The molecular weight excluding hydrogens is 357 g/mol. The Kier molecular flexibility index (Phi) is 5.75. The topological polar surface area (TPSA) is 85.1 Å². The molecule has 0 aliphatic carbocycles. The Morgan fingerprint density at radius 1 is 1.00 bits per heavy atom. The Hall–Kier alpha value is -2.58. The molecule has 3 rings (SSSR count). The summed E-state index contributed by atoms with van der Waals surface area (Å²) >= 11 is 0. The summed E-state index contributed by atoms with van der Waals surface area (Å²) in [6, 6.07) is 15.5. The molecule has 0 amide bonds. The first-order valence-corrected chi connectivity index (χ1v) is 9.77. The maximum Gasteiger partial charge on any atom is 0.228 e. The number of hydrogen-bond acceptors (Lipinski definition) is 5. The Morgan fingerprint density at radius 2 is 1.73 bits per heavy atom. The molecule has 1 N–H and O–H groups in total. The van der Waals surface area contributed by atoms with Gasteiger partial charge in [0.05, 0.1) is 11.3 Å². The number of benzene rings is 2. The molecule has 0 spiro atoms. The first-order valence-electron chi connectivity index (χ1n) is 8.12. The van der Waals surface area contributed by atoms with Crippen LogP contribution in [0.2, 0.25) is 0 Å². The third-order valence-electron chi connectivity index (χ3n) is 3.75. The molecular formula is C18H18FN3O3S. The monoisotopic (exact) mass is 375 g/mol. The van der Waals surface area contributed by atoms with Crippen LogP contribution in [0.15, 0.2) is 59.1 Å². The fraction of sp³-hybridized carbons (Fsp3) is 0.222. The third-order valence-corrected chi connectivity index (χ3v) is 5.13. The molecule has 6 nitrogen and oxygen atoms in total. The largest absolute Gasteiger partial charge is 0.339 e. The molecule has 26 heavy (non-hydrogen) atoms. The lowest BCUT2D eigenvalue weighted by Crippen LogP contribution is -2.29. The second-order valence-corrected chi connectivity index (χ2v) is 7.62. The van der Waals surface area contributed by atoms with E-state index in [1.54, 1.807) is 18.2 Å². The van der Waals surface area contributed by atoms with E-state index in [-0.39, 0.29) is 36.0 Å². The highest BCUT2D eigenvalue weighted by atomic mass is 32.2. The van der Waals surface area contributed by atoms with E-state index >= 15 is 0 Å². The summed E-state index contributed by atoms with van der Waals surface area (Å²) in [4.78, 5) is 4.10. The van der Waals surface area contributed by atoms with Crippen molar-refractivity contribution in [1.29, 1.82) is 0 Å². The molecule has 2 aromatic carbocycles. The second kappa shape index (κ2) is 8.20. The van der Waals surface area contributed by atoms with Gasteiger partial charge in [-0.25, -0.2) is 17.5 Å². The maximum atomic E-state index is 13.7. The Bertz CT molecular complexity index is 959. The van der Waals surface area contributed by atoms with Crippen molar-refractivity contribution in [2.45, 2.75) is 12.8 Å². The number of aromatic nitrogens is 2. The van der Waals surface area contributed by atoms with Crippen molar-refractivity contribution in [3.63, 3.8) is 0 Å². The highest BCUT2D eigenvalue weighted by Gasteiger charge is 2.14. The van der Waals surface area contributed by atoms with Gasteiger partial charge in [0, 0.05) is 13.0 Å². The van der Waals surface area contributed by atoms with Gasteiger partial charge in [-0.1, -0.05) is 47.6 Å². The summed E-state index contributed by atoms with van der Waals surface area (Å²) in [6.45, 7) is 0.135. The van der Waals surface area contributed by atoms with Crippen molar-refractivity contribution >= 4 is 10.0 Å². The minimum atomic E-state index is -3.40. The van der Waals surface area contributed by atoms with Gasteiger partial charge < -0.3 is 4.52 Å². The van der Waals surface area contributed by atoms with Gasteiger partial charge in [0.15, 0.2) is 0 Å². The standard InChI is InChI=1S/C18H18FN3O3S/c19-16-9-5-4-8-15(16)18-21-17(25-22-18)10-12-20-26(23,24)13-11-14-6-2-1-3-7-14/h1-9,20H,10-13H2. The summed E-state index contributed by atoms with van der Waals surface area (Å²) in [7, 11) is -3.40. The fourth-order valence-electron chi connectivity index (χ4n) is 2.39. The number of aryl methyl sites for hydroxylation is 1. The SMILES string of the molecule is O=S(=O)(CCc1ccccc1)NCCc1nc(-c2ccccc2F)no1. The van der Waals surface area contributed by atoms with E-state index in [9.17, 15) is 12.8 Å². The highest BCUT2D eigenvalue weighted by Crippen LogP contribution is 2.19. The average Bonchev–Trinajstić information content (AvgIpc) is 3.10. The molecule has 0 saturated heterocycles. The summed E-state index contributed by atoms with van der Waals surface area (Å²) < 4.78 is 45.3. The molecule has 8 heteroatoms. The molecule has 136 valence electrons. The lowest BCUT2D eigenvalue weighted by molar-refractivity contribution is 0.378. The fourth-order valence-corrected chi connectivity index (χ4v) is 3.45. The molecule has 1 aromatic heterocycles. The number of halogens is 1. The molecule has 0 aliphatic heterocycles. The quantitative estimate of drug-likeness (QED) is 0.654. The normalized spacial score (nSPS) is 11.6. The molecule has 3 aromatic rings. The minimum Gasteiger partial charge on any atom is -0.339 e. The second-order valence-electron chi connectivity index (χ2n) is 5.69. The third kappa shape index (κ3) is 4.96. The van der Waals surface area contributed by atoms with Crippen LogP contribution in [0, 0.1) is 5.82 Å². The number of nitrogens with one attached hydrogen (secondary N) is 1. The summed E-state index contributed by atoms with van der Waals surface area (Å²) in [5.74, 6) is -0.0538. The van der Waals surface area contributed by atoms with E-state index in [0.29, 0.717) is 6.42 Å². The number of nitrogens with zero attached hydrogens (tertiary/aromatic N) is 2. The summed E-state index contributed by atoms with van der Waals surface area (Å²) in [5, 5.41) is 3.74. The lowest BCUT2D eigenvalue weighted by atomic mass is 10.2. The van der Waals surface area contributed by atoms with Gasteiger partial charge in [0.2, 0.25) is 21.7 Å². The van der Waals surface area contributed by atoms with Gasteiger partial charge in [0.25, 0.3) is 0 Å². The molecule has 0 bridgehead atoms. The van der Waals surface area contributed by atoms with E-state index in [1.807, 2.05) is 30.3 Å². The zero-order chi connectivity index (χ0) is 18.4. The van der Waals surface area contributed by atoms with Crippen LogP contribution >= 0.6 is 0 Å². The van der Waals surface area contributed by atoms with E-state index in [4.69, 9.17) is 4.52 Å². The van der Waals surface area contributed by atoms with Crippen LogP contribution in [-0.2, 0) is 22.9 Å². The molecule has 0 saturated carbocycles. The van der Waals surface area contributed by atoms with E-state index < -0.39 is 15.8 Å². The zero-order valence-electron chi connectivity index (χ0n) is 13.9. The number of rotatable bonds is 8. The Labute approximate surface area is 151 Å². The molecule has 0 radical (unpaired) electrons. The maximum absolute atomic E-state index is 13.7. The lowest BCUT2D eigenvalue weighted by Gasteiger charge is -2.05. The van der Waals surface area contributed by atoms with Crippen molar-refractivity contribution in [3.8, 4) is 11.4 Å². The van der Waals surface area contributed by atoms with Gasteiger partial charge in [-0.15, -0.1) is 0 Å². The van der Waals surface area contributed by atoms with Crippen LogP contribution in [0.25, 0.3) is 11.4 Å². The van der Waals surface area contributed by atoms with Crippen molar-refractivity contribution in [3.05, 3.63) is 71.9 Å². The van der Waals surface area contributed by atoms with Crippen LogP contribution in [0.5, 0.6) is 0 Å². The van der Waals surface area contributed by atoms with Crippen molar-refractivity contribution in [2.24, 2.45) is 0 Å². The molecule has 0 aliphatic rings. The van der Waals surface area contributed by atoms with Crippen molar-refractivity contribution in [1.82, 2.24) is 14.9 Å². The predicted octanol–water partition coefficient (Wildman–Crippen LogP) is 2.58. The van der Waals surface area contributed by atoms with Crippen LogP contribution < -0.4 is 4.72 Å². The van der Waals surface area contributed by atoms with Crippen LogP contribution in [0.1, 0.15) is 11.5 Å². The summed E-state index contributed by atoms with van der Waals surface area (Å²) in [5.41, 5.74) is 1.20. The number of sulfonamides is 1. The van der Waals surface area contributed by atoms with Gasteiger partial charge in [-0.05, 0) is 24.1 Å². The zero-order valence-corrected chi connectivity index (χ0v) is 14.7. The van der Waals surface area contributed by atoms with E-state index in [2.05, 4.69) is 14.9 Å². The molecule has 0 atom stereocenters. The van der Waals surface area contributed by atoms with Gasteiger partial charge >= 0.3 is 0 Å². The van der Waals surface area contributed by atoms with E-state index in [1.165, 1.54) is 6.07 Å². The van der Waals surface area contributed by atoms with Crippen molar-refractivity contribution in [2.75, 3.05) is 12.3 Å². The first kappa shape index (κ1) is 18.2. The van der Waals surface area contributed by atoms with Gasteiger partial charge in [-0.3, -0.25) is 0 Å².